The molecule has 0 spiro atoms. The quantitative estimate of drug-likeness (QED) is 0.631. The van der Waals surface area contributed by atoms with Crippen molar-refractivity contribution < 1.29 is 18.0 Å². The summed E-state index contributed by atoms with van der Waals surface area (Å²) in [6.07, 6.45) is 0.520. The number of nitrogens with zero attached hydrogens (tertiary/aromatic N) is 4. The lowest BCUT2D eigenvalue weighted by molar-refractivity contribution is -0.117. The number of fused-ring (bicyclic) bond motifs is 6. The third kappa shape index (κ3) is 2.36. The first-order valence-electron chi connectivity index (χ1n) is 8.90. The van der Waals surface area contributed by atoms with Gasteiger partial charge in [0.05, 0.1) is 5.69 Å². The van der Waals surface area contributed by atoms with E-state index in [-0.39, 0.29) is 35.1 Å². The lowest BCUT2D eigenvalue weighted by Gasteiger charge is -2.42. The van der Waals surface area contributed by atoms with Crippen LogP contribution in [0.5, 0.6) is 0 Å². The van der Waals surface area contributed by atoms with Crippen molar-refractivity contribution in [1.82, 2.24) is 14.8 Å². The normalized spacial score (nSPS) is 19.7. The second-order valence-corrected chi connectivity index (χ2v) is 7.24. The summed E-state index contributed by atoms with van der Waals surface area (Å²) in [7, 11) is 0. The fourth-order valence-electron chi connectivity index (χ4n) is 4.02. The molecule has 0 radical (unpaired) electrons. The molecule has 1 atom stereocenters. The van der Waals surface area contributed by atoms with Gasteiger partial charge >= 0.3 is 0 Å². The fourth-order valence-corrected chi connectivity index (χ4v) is 4.02. The fraction of sp³-hybridized carbons (Fsp3) is 0.200. The molecule has 0 bridgehead atoms. The van der Waals surface area contributed by atoms with Crippen LogP contribution in [0.15, 0.2) is 41.2 Å². The van der Waals surface area contributed by atoms with Crippen molar-refractivity contribution in [3.05, 3.63) is 64.2 Å². The molecular weight excluding hydrogens is 385 g/mol. The van der Waals surface area contributed by atoms with Crippen molar-refractivity contribution in [2.45, 2.75) is 25.4 Å². The van der Waals surface area contributed by atoms with Gasteiger partial charge < -0.3 is 0 Å². The Morgan fingerprint density at radius 1 is 1.03 bits per heavy atom. The van der Waals surface area contributed by atoms with Crippen molar-refractivity contribution in [1.29, 1.82) is 0 Å². The van der Waals surface area contributed by atoms with Crippen LogP contribution in [0.25, 0.3) is 22.6 Å². The Morgan fingerprint density at radius 2 is 1.72 bits per heavy atom. The van der Waals surface area contributed by atoms with Gasteiger partial charge in [-0.05, 0) is 37.3 Å². The summed E-state index contributed by atoms with van der Waals surface area (Å²) in [4.78, 5) is 30.7. The van der Waals surface area contributed by atoms with E-state index in [2.05, 4.69) is 10.1 Å². The average molecular weight is 398 g/mol. The van der Waals surface area contributed by atoms with Gasteiger partial charge in [-0.25, -0.2) is 17.9 Å². The van der Waals surface area contributed by atoms with E-state index in [1.54, 1.807) is 6.92 Å². The minimum atomic E-state index is -1.12. The number of halogens is 3. The molecule has 0 aliphatic carbocycles. The van der Waals surface area contributed by atoms with Crippen LogP contribution >= 0.6 is 0 Å². The van der Waals surface area contributed by atoms with Gasteiger partial charge in [-0.1, -0.05) is 0 Å². The van der Waals surface area contributed by atoms with E-state index in [1.807, 2.05) is 0 Å². The van der Waals surface area contributed by atoms with Crippen molar-refractivity contribution in [2.24, 2.45) is 0 Å². The van der Waals surface area contributed by atoms with Crippen molar-refractivity contribution >= 4 is 11.6 Å². The Hall–Kier alpha value is -3.49. The molecule has 146 valence electrons. The van der Waals surface area contributed by atoms with Crippen LogP contribution in [0.3, 0.4) is 0 Å². The van der Waals surface area contributed by atoms with Crippen LogP contribution in [-0.4, -0.2) is 20.7 Å². The van der Waals surface area contributed by atoms with Crippen molar-refractivity contribution in [2.75, 3.05) is 4.90 Å². The maximum Gasteiger partial charge on any atom is 0.300 e. The minimum Gasteiger partial charge on any atom is -0.286 e. The first-order chi connectivity index (χ1) is 13.8. The summed E-state index contributed by atoms with van der Waals surface area (Å²) in [5, 5.41) is 4.42. The summed E-state index contributed by atoms with van der Waals surface area (Å²) in [6, 6.07) is 7.05. The number of hydrogen-bond acceptors (Lipinski definition) is 4. The summed E-state index contributed by atoms with van der Waals surface area (Å²) in [5.74, 6) is -2.91. The van der Waals surface area contributed by atoms with Crippen LogP contribution in [0, 0.1) is 17.5 Å². The summed E-state index contributed by atoms with van der Waals surface area (Å²) in [6.45, 7) is 1.72. The molecule has 1 fully saturated rings. The van der Waals surface area contributed by atoms with Crippen LogP contribution in [0.4, 0.5) is 18.9 Å². The number of hydrogen-bond donors (Lipinski definition) is 0. The molecule has 0 N–H and O–H groups in total. The van der Waals surface area contributed by atoms with Gasteiger partial charge in [0.25, 0.3) is 5.56 Å². The molecule has 1 aromatic heterocycles. The molecule has 3 heterocycles. The Balaban J connectivity index is 1.83. The first kappa shape index (κ1) is 17.6. The molecule has 3 aromatic rings. The zero-order valence-electron chi connectivity index (χ0n) is 15.1. The van der Waals surface area contributed by atoms with E-state index in [0.29, 0.717) is 12.0 Å². The lowest BCUT2D eigenvalue weighted by atomic mass is 10.0. The smallest absolute Gasteiger partial charge is 0.286 e. The first-order valence-corrected chi connectivity index (χ1v) is 8.90. The third-order valence-corrected chi connectivity index (χ3v) is 5.45. The van der Waals surface area contributed by atoms with E-state index in [1.165, 1.54) is 33.8 Å². The highest BCUT2D eigenvalue weighted by Crippen LogP contribution is 2.48. The standard InChI is InChI=1S/C20H13F3N4O2/c1-20-7-6-16(28)26(20)15-9-14(23)13(22)8-12(15)18-24-19(29)17(25-27(18)20)10-2-4-11(21)5-3-10/h2-5,8-9H,6-7H2,1H3. The number of carbonyl (C=O) groups excluding carboxylic acids is 1. The number of aromatic nitrogens is 3. The van der Waals surface area contributed by atoms with Gasteiger partial charge in [-0.3, -0.25) is 14.5 Å². The van der Waals surface area contributed by atoms with Crippen LogP contribution < -0.4 is 10.5 Å². The van der Waals surface area contributed by atoms with Crippen molar-refractivity contribution in [3.63, 3.8) is 0 Å². The predicted molar refractivity (Wildman–Crippen MR) is 97.4 cm³/mol. The Kier molecular flexibility index (Phi) is 3.49. The topological polar surface area (TPSA) is 68.1 Å². The SMILES string of the molecule is CC12CCC(=O)N1c1cc(F)c(F)cc1-c1nc(=O)c(-c3ccc(F)cc3)nn12. The highest BCUT2D eigenvalue weighted by atomic mass is 19.2. The van der Waals surface area contributed by atoms with E-state index >= 15 is 0 Å². The Morgan fingerprint density at radius 3 is 2.45 bits per heavy atom. The summed E-state index contributed by atoms with van der Waals surface area (Å²) in [5.41, 5.74) is -1.15. The lowest BCUT2D eigenvalue weighted by Crippen LogP contribution is -2.51. The largest absolute Gasteiger partial charge is 0.300 e. The molecule has 29 heavy (non-hydrogen) atoms. The zero-order valence-corrected chi connectivity index (χ0v) is 15.1. The Labute approximate surface area is 162 Å². The maximum atomic E-state index is 14.0. The molecule has 5 rings (SSSR count). The molecule has 9 heteroatoms. The zero-order chi connectivity index (χ0) is 20.5. The highest BCUT2D eigenvalue weighted by Gasteiger charge is 2.50. The average Bonchev–Trinajstić information content (AvgIpc) is 3.00. The molecule has 6 nitrogen and oxygen atoms in total. The van der Waals surface area contributed by atoms with Gasteiger partial charge in [-0.2, -0.15) is 10.1 Å². The number of benzene rings is 2. The molecule has 0 saturated carbocycles. The van der Waals surface area contributed by atoms with Crippen LogP contribution in [0.2, 0.25) is 0 Å². The van der Waals surface area contributed by atoms with Gasteiger partial charge in [-0.15, -0.1) is 0 Å². The van der Waals surface area contributed by atoms with Gasteiger partial charge in [0, 0.05) is 30.0 Å². The second kappa shape index (κ2) is 5.76. The molecule has 1 amide bonds. The predicted octanol–water partition coefficient (Wildman–Crippen LogP) is 3.20. The summed E-state index contributed by atoms with van der Waals surface area (Å²) < 4.78 is 42.6. The number of amides is 1. The molecule has 2 aromatic carbocycles. The summed E-state index contributed by atoms with van der Waals surface area (Å²) >= 11 is 0. The van der Waals surface area contributed by atoms with Crippen molar-refractivity contribution in [3.8, 4) is 22.6 Å². The van der Waals surface area contributed by atoms with E-state index in [9.17, 15) is 22.8 Å². The monoisotopic (exact) mass is 398 g/mol. The minimum absolute atomic E-state index is 0.0275. The Bertz CT molecular complexity index is 1260. The van der Waals surface area contributed by atoms with E-state index in [4.69, 9.17) is 0 Å². The highest BCUT2D eigenvalue weighted by molar-refractivity contribution is 6.01. The molecule has 2 aliphatic rings. The molecule has 1 unspecified atom stereocenters. The second-order valence-electron chi connectivity index (χ2n) is 7.24. The van der Waals surface area contributed by atoms with Crippen LogP contribution in [-0.2, 0) is 10.5 Å². The van der Waals surface area contributed by atoms with Gasteiger partial charge in [0.1, 0.15) is 11.5 Å². The maximum absolute atomic E-state index is 14.0. The number of carbonyl (C=O) groups is 1. The van der Waals surface area contributed by atoms with Crippen LogP contribution in [0.1, 0.15) is 19.8 Å². The third-order valence-electron chi connectivity index (χ3n) is 5.45. The molecule has 2 aliphatic heterocycles. The number of rotatable bonds is 1. The van der Waals surface area contributed by atoms with Gasteiger partial charge in [0.15, 0.2) is 23.2 Å². The van der Waals surface area contributed by atoms with Gasteiger partial charge in [0.2, 0.25) is 5.91 Å². The van der Waals surface area contributed by atoms with E-state index in [0.717, 1.165) is 12.1 Å². The molecular formula is C20H13F3N4O2. The van der Waals surface area contributed by atoms with E-state index < -0.39 is 28.7 Å². The number of anilines is 1. The molecule has 1 saturated heterocycles.